The lowest BCUT2D eigenvalue weighted by Gasteiger charge is -2.25. The van der Waals surface area contributed by atoms with Gasteiger partial charge >= 0.3 is 0 Å². The first-order valence-corrected chi connectivity index (χ1v) is 11.9. The van der Waals surface area contributed by atoms with E-state index >= 15 is 0 Å². The predicted molar refractivity (Wildman–Crippen MR) is 128 cm³/mol. The summed E-state index contributed by atoms with van der Waals surface area (Å²) in [5.41, 5.74) is 2.62. The molecule has 0 radical (unpaired) electrons. The van der Waals surface area contributed by atoms with Crippen LogP contribution in [-0.4, -0.2) is 69.3 Å². The first-order chi connectivity index (χ1) is 16.2. The Kier molecular flexibility index (Phi) is 6.43. The van der Waals surface area contributed by atoms with E-state index in [0.717, 1.165) is 71.9 Å². The van der Waals surface area contributed by atoms with Crippen LogP contribution >= 0.6 is 11.3 Å². The summed E-state index contributed by atoms with van der Waals surface area (Å²) < 4.78 is 5.58. The number of hydrogen-bond acceptors (Lipinski definition) is 8. The van der Waals surface area contributed by atoms with Crippen molar-refractivity contribution >= 4 is 28.5 Å². The summed E-state index contributed by atoms with van der Waals surface area (Å²) in [6.07, 6.45) is 5.53. The number of nitrogens with zero attached hydrogens (tertiary/aromatic N) is 5. The molecule has 0 bridgehead atoms. The molecule has 1 N–H and O–H groups in total. The van der Waals surface area contributed by atoms with Gasteiger partial charge in [-0.2, -0.15) is 0 Å². The molecule has 33 heavy (non-hydrogen) atoms. The van der Waals surface area contributed by atoms with Crippen LogP contribution < -0.4 is 4.74 Å². The number of aldehydes is 1. The maximum Gasteiger partial charge on any atom is 0.223 e. The molecule has 0 saturated carbocycles. The molecular weight excluding hydrogens is 436 g/mol. The number of pyridine rings is 1. The summed E-state index contributed by atoms with van der Waals surface area (Å²) in [4.78, 5) is 33.3. The Morgan fingerprint density at radius 1 is 1.24 bits per heavy atom. The third kappa shape index (κ3) is 4.66. The van der Waals surface area contributed by atoms with Crippen molar-refractivity contribution in [2.75, 3.05) is 33.3 Å². The largest absolute Gasteiger partial charge is 0.480 e. The minimum atomic E-state index is 0.0321. The fourth-order valence-electron chi connectivity index (χ4n) is 4.42. The minimum absolute atomic E-state index is 0.0321. The highest BCUT2D eigenvalue weighted by molar-refractivity contribution is 7.09. The number of nitrogens with one attached hydrogen (secondary N) is 1. The van der Waals surface area contributed by atoms with E-state index in [1.165, 1.54) is 0 Å². The van der Waals surface area contributed by atoms with Crippen LogP contribution in [0.15, 0.2) is 48.1 Å². The number of carbonyl (C=O) groups excluding carboxylic acids is 1. The molecule has 1 saturated heterocycles. The second kappa shape index (κ2) is 9.78. The van der Waals surface area contributed by atoms with E-state index < -0.39 is 0 Å². The van der Waals surface area contributed by atoms with Crippen LogP contribution in [-0.2, 0) is 11.3 Å². The number of ether oxygens (including phenoxy) is 1. The summed E-state index contributed by atoms with van der Waals surface area (Å²) in [7, 11) is 1.63. The van der Waals surface area contributed by atoms with Gasteiger partial charge in [-0.25, -0.2) is 15.0 Å². The number of benzene rings is 1. The third-order valence-corrected chi connectivity index (χ3v) is 6.86. The lowest BCUT2D eigenvalue weighted by Crippen LogP contribution is -2.33. The van der Waals surface area contributed by atoms with E-state index in [1.54, 1.807) is 18.4 Å². The van der Waals surface area contributed by atoms with Crippen molar-refractivity contribution in [3.63, 3.8) is 0 Å². The van der Waals surface area contributed by atoms with Crippen LogP contribution in [0, 0.1) is 0 Å². The predicted octanol–water partition coefficient (Wildman–Crippen LogP) is 3.54. The second-order valence-corrected chi connectivity index (χ2v) is 9.07. The van der Waals surface area contributed by atoms with Crippen molar-refractivity contribution in [3.05, 3.63) is 58.9 Å². The number of carbonyl (C=O) groups is 1. The molecule has 1 aliphatic heterocycles. The molecule has 0 aliphatic carbocycles. The van der Waals surface area contributed by atoms with Gasteiger partial charge in [0.05, 0.1) is 49.2 Å². The van der Waals surface area contributed by atoms with Gasteiger partial charge in [0.2, 0.25) is 5.88 Å². The Hall–Kier alpha value is -3.14. The van der Waals surface area contributed by atoms with Crippen LogP contribution in [0.25, 0.3) is 22.2 Å². The fourth-order valence-corrected chi connectivity index (χ4v) is 5.08. The number of aromatic nitrogens is 4. The van der Waals surface area contributed by atoms with Crippen molar-refractivity contribution in [3.8, 4) is 17.1 Å². The highest BCUT2D eigenvalue weighted by Gasteiger charge is 2.28. The van der Waals surface area contributed by atoms with Gasteiger partial charge in [0, 0.05) is 36.6 Å². The summed E-state index contributed by atoms with van der Waals surface area (Å²) in [6.45, 7) is 3.82. The van der Waals surface area contributed by atoms with Crippen LogP contribution in [0.5, 0.6) is 5.88 Å². The van der Waals surface area contributed by atoms with Gasteiger partial charge in [-0.3, -0.25) is 9.80 Å². The number of H-pyrrole nitrogens is 1. The topological polar surface area (TPSA) is 87.2 Å². The van der Waals surface area contributed by atoms with E-state index in [-0.39, 0.29) is 6.04 Å². The molecule has 1 atom stereocenters. The Morgan fingerprint density at radius 3 is 2.97 bits per heavy atom. The molecule has 1 aromatic carbocycles. The van der Waals surface area contributed by atoms with Crippen LogP contribution in [0.3, 0.4) is 0 Å². The average Bonchev–Trinajstić information content (AvgIpc) is 3.50. The van der Waals surface area contributed by atoms with Crippen molar-refractivity contribution in [1.82, 2.24) is 29.7 Å². The van der Waals surface area contributed by atoms with E-state index in [4.69, 9.17) is 9.72 Å². The van der Waals surface area contributed by atoms with E-state index in [1.807, 2.05) is 42.0 Å². The zero-order valence-corrected chi connectivity index (χ0v) is 19.3. The quantitative estimate of drug-likeness (QED) is 0.420. The molecule has 1 fully saturated rings. The lowest BCUT2D eigenvalue weighted by molar-refractivity contribution is -0.109. The normalized spacial score (nSPS) is 17.8. The van der Waals surface area contributed by atoms with Crippen molar-refractivity contribution in [2.45, 2.75) is 19.0 Å². The molecule has 1 aliphatic rings. The molecule has 5 rings (SSSR count). The molecule has 1 unspecified atom stereocenters. The number of imidazole rings is 1. The van der Waals surface area contributed by atoms with Gasteiger partial charge < -0.3 is 14.5 Å². The van der Waals surface area contributed by atoms with Crippen molar-refractivity contribution in [1.29, 1.82) is 0 Å². The monoisotopic (exact) mass is 462 g/mol. The zero-order valence-electron chi connectivity index (χ0n) is 18.5. The number of fused-ring (bicyclic) bond motifs is 1. The Bertz CT molecular complexity index is 1220. The van der Waals surface area contributed by atoms with Crippen molar-refractivity contribution < 1.29 is 9.53 Å². The molecule has 4 aromatic rings. The van der Waals surface area contributed by atoms with Gasteiger partial charge in [0.25, 0.3) is 0 Å². The standard InChI is InChI=1S/C24H26N6O2S/c1-32-24-18(14-17-4-2-3-5-19(17)28-24)20-15-26-23(27-20)21-6-8-29(9-10-30(21)11-12-31)16-22-25-7-13-33-22/h2-5,7,12-15,21H,6,8-11,16H2,1H3,(H,26,27). The number of aromatic amines is 1. The van der Waals surface area contributed by atoms with Crippen LogP contribution in [0.1, 0.15) is 23.3 Å². The number of para-hydroxylation sites is 1. The highest BCUT2D eigenvalue weighted by atomic mass is 32.1. The Morgan fingerprint density at radius 2 is 2.15 bits per heavy atom. The third-order valence-electron chi connectivity index (χ3n) is 6.10. The smallest absolute Gasteiger partial charge is 0.223 e. The summed E-state index contributed by atoms with van der Waals surface area (Å²) in [6, 6.07) is 10.1. The maximum atomic E-state index is 11.4. The summed E-state index contributed by atoms with van der Waals surface area (Å²) in [5.74, 6) is 1.42. The van der Waals surface area contributed by atoms with Crippen molar-refractivity contribution in [2.24, 2.45) is 0 Å². The zero-order chi connectivity index (χ0) is 22.6. The molecule has 170 valence electrons. The summed E-state index contributed by atoms with van der Waals surface area (Å²) >= 11 is 1.68. The van der Waals surface area contributed by atoms with Gasteiger partial charge in [-0.1, -0.05) is 18.2 Å². The van der Waals surface area contributed by atoms with Gasteiger partial charge in [-0.15, -0.1) is 11.3 Å². The van der Waals surface area contributed by atoms with Gasteiger partial charge in [0.1, 0.15) is 17.1 Å². The lowest BCUT2D eigenvalue weighted by atomic mass is 10.1. The first kappa shape index (κ1) is 21.7. The number of hydrogen-bond donors (Lipinski definition) is 1. The van der Waals surface area contributed by atoms with E-state index in [0.29, 0.717) is 12.4 Å². The highest BCUT2D eigenvalue weighted by Crippen LogP contribution is 2.33. The molecule has 3 aromatic heterocycles. The minimum Gasteiger partial charge on any atom is -0.480 e. The Labute approximate surface area is 196 Å². The molecule has 9 heteroatoms. The maximum absolute atomic E-state index is 11.4. The Balaban J connectivity index is 1.41. The fraction of sp³-hybridized carbons (Fsp3) is 0.333. The van der Waals surface area contributed by atoms with E-state index in [2.05, 4.69) is 30.8 Å². The van der Waals surface area contributed by atoms with Gasteiger partial charge in [-0.05, 0) is 18.6 Å². The molecule has 4 heterocycles. The van der Waals surface area contributed by atoms with E-state index in [9.17, 15) is 4.79 Å². The second-order valence-electron chi connectivity index (χ2n) is 8.09. The van der Waals surface area contributed by atoms with Crippen LogP contribution in [0.2, 0.25) is 0 Å². The molecule has 0 amide bonds. The molecular formula is C24H26N6O2S. The van der Waals surface area contributed by atoms with Gasteiger partial charge in [0.15, 0.2) is 0 Å². The summed E-state index contributed by atoms with van der Waals surface area (Å²) in [5, 5.41) is 4.17. The first-order valence-electron chi connectivity index (χ1n) is 11.0. The number of rotatable bonds is 7. The average molecular weight is 463 g/mol. The van der Waals surface area contributed by atoms with Crippen LogP contribution in [0.4, 0.5) is 0 Å². The number of methoxy groups -OCH3 is 1. The molecule has 8 nitrogen and oxygen atoms in total. The molecule has 0 spiro atoms. The SMILES string of the molecule is COc1nc2ccccc2cc1-c1cnc(C2CCN(Cc3nccs3)CCN2CC=O)[nH]1. The number of thiazole rings is 1.